The Bertz CT molecular complexity index is 639. The number of nitrogens with zero attached hydrogens (tertiary/aromatic N) is 1. The van der Waals surface area contributed by atoms with Gasteiger partial charge in [-0.15, -0.1) is 0 Å². The second kappa shape index (κ2) is 8.76. The number of amides is 2. The Balaban J connectivity index is 1.77. The van der Waals surface area contributed by atoms with Crippen molar-refractivity contribution in [3.63, 3.8) is 0 Å². The molecule has 2 amide bonds. The minimum Gasteiger partial charge on any atom is -0.497 e. The molecular formula is C18H24N4O2. The minimum atomic E-state index is -0.230. The van der Waals surface area contributed by atoms with Gasteiger partial charge in [-0.25, -0.2) is 9.78 Å². The number of pyridine rings is 1. The number of benzene rings is 1. The summed E-state index contributed by atoms with van der Waals surface area (Å²) < 4.78 is 5.14. The zero-order valence-electron chi connectivity index (χ0n) is 14.3. The summed E-state index contributed by atoms with van der Waals surface area (Å²) in [6.07, 6.45) is 2.53. The molecule has 0 bridgehead atoms. The van der Waals surface area contributed by atoms with Crippen LogP contribution in [0, 0.1) is 0 Å². The van der Waals surface area contributed by atoms with E-state index in [1.807, 2.05) is 50.2 Å². The summed E-state index contributed by atoms with van der Waals surface area (Å²) in [5, 5.41) is 8.77. The van der Waals surface area contributed by atoms with Crippen molar-refractivity contribution in [3.05, 3.63) is 48.2 Å². The molecule has 6 nitrogen and oxygen atoms in total. The summed E-state index contributed by atoms with van der Waals surface area (Å²) in [6.45, 7) is 4.60. The molecule has 0 atom stereocenters. The van der Waals surface area contributed by atoms with Gasteiger partial charge in [-0.1, -0.05) is 12.1 Å². The SMILES string of the molecule is COc1ccc(CCNc2ccc(NC(=O)NC(C)C)cn2)cc1. The molecule has 24 heavy (non-hydrogen) atoms. The number of hydrogen-bond donors (Lipinski definition) is 3. The van der Waals surface area contributed by atoms with Crippen LogP contribution in [-0.4, -0.2) is 30.7 Å². The van der Waals surface area contributed by atoms with Crippen LogP contribution in [-0.2, 0) is 6.42 Å². The quantitative estimate of drug-likeness (QED) is 0.729. The first-order chi connectivity index (χ1) is 11.6. The highest BCUT2D eigenvalue weighted by Gasteiger charge is 2.03. The molecule has 0 fully saturated rings. The molecule has 0 aliphatic rings. The van der Waals surface area contributed by atoms with Crippen LogP contribution >= 0.6 is 0 Å². The summed E-state index contributed by atoms with van der Waals surface area (Å²) in [4.78, 5) is 15.9. The van der Waals surface area contributed by atoms with E-state index in [1.165, 1.54) is 5.56 Å². The van der Waals surface area contributed by atoms with E-state index in [2.05, 4.69) is 20.9 Å². The maximum atomic E-state index is 11.6. The molecule has 1 aromatic carbocycles. The number of urea groups is 1. The molecular weight excluding hydrogens is 304 g/mol. The van der Waals surface area contributed by atoms with Gasteiger partial charge in [-0.3, -0.25) is 0 Å². The average Bonchev–Trinajstić information content (AvgIpc) is 2.56. The molecule has 128 valence electrons. The van der Waals surface area contributed by atoms with Crippen LogP contribution in [0.5, 0.6) is 5.75 Å². The molecule has 2 aromatic rings. The molecule has 6 heteroatoms. The molecule has 1 aromatic heterocycles. The number of anilines is 2. The Morgan fingerprint density at radius 3 is 2.50 bits per heavy atom. The predicted octanol–water partition coefficient (Wildman–Crippen LogP) is 3.27. The van der Waals surface area contributed by atoms with E-state index in [0.717, 1.165) is 24.5 Å². The lowest BCUT2D eigenvalue weighted by Gasteiger charge is -2.10. The fourth-order valence-corrected chi connectivity index (χ4v) is 2.13. The molecule has 0 unspecified atom stereocenters. The van der Waals surface area contributed by atoms with Gasteiger partial charge in [0.05, 0.1) is 19.0 Å². The monoisotopic (exact) mass is 328 g/mol. The van der Waals surface area contributed by atoms with Gasteiger partial charge in [0.1, 0.15) is 11.6 Å². The number of aromatic nitrogens is 1. The van der Waals surface area contributed by atoms with Crippen molar-refractivity contribution in [1.29, 1.82) is 0 Å². The van der Waals surface area contributed by atoms with E-state index in [1.54, 1.807) is 13.3 Å². The van der Waals surface area contributed by atoms with Crippen LogP contribution in [0.25, 0.3) is 0 Å². The second-order valence-corrected chi connectivity index (χ2v) is 5.71. The normalized spacial score (nSPS) is 10.3. The topological polar surface area (TPSA) is 75.3 Å². The van der Waals surface area contributed by atoms with Gasteiger partial charge < -0.3 is 20.7 Å². The lowest BCUT2D eigenvalue weighted by atomic mass is 10.1. The van der Waals surface area contributed by atoms with Crippen LogP contribution in [0.4, 0.5) is 16.3 Å². The van der Waals surface area contributed by atoms with Gasteiger partial charge in [0.25, 0.3) is 0 Å². The number of carbonyl (C=O) groups is 1. The highest BCUT2D eigenvalue weighted by molar-refractivity contribution is 5.89. The van der Waals surface area contributed by atoms with Crippen LogP contribution < -0.4 is 20.7 Å². The Kier molecular flexibility index (Phi) is 6.42. The van der Waals surface area contributed by atoms with Crippen LogP contribution in [0.15, 0.2) is 42.6 Å². The maximum absolute atomic E-state index is 11.6. The molecule has 0 saturated carbocycles. The third-order valence-corrected chi connectivity index (χ3v) is 3.32. The Morgan fingerprint density at radius 1 is 1.17 bits per heavy atom. The number of ether oxygens (including phenoxy) is 1. The fourth-order valence-electron chi connectivity index (χ4n) is 2.13. The smallest absolute Gasteiger partial charge is 0.319 e. The third kappa shape index (κ3) is 5.79. The molecule has 0 aliphatic heterocycles. The molecule has 1 heterocycles. The van der Waals surface area contributed by atoms with Gasteiger partial charge >= 0.3 is 6.03 Å². The van der Waals surface area contributed by atoms with E-state index in [0.29, 0.717) is 5.69 Å². The van der Waals surface area contributed by atoms with Crippen LogP contribution in [0.2, 0.25) is 0 Å². The van der Waals surface area contributed by atoms with Crippen molar-refractivity contribution >= 4 is 17.5 Å². The third-order valence-electron chi connectivity index (χ3n) is 3.32. The largest absolute Gasteiger partial charge is 0.497 e. The zero-order valence-corrected chi connectivity index (χ0v) is 14.3. The van der Waals surface area contributed by atoms with E-state index >= 15 is 0 Å². The van der Waals surface area contributed by atoms with E-state index in [4.69, 9.17) is 4.74 Å². The summed E-state index contributed by atoms with van der Waals surface area (Å²) >= 11 is 0. The van der Waals surface area contributed by atoms with Gasteiger partial charge in [0.2, 0.25) is 0 Å². The second-order valence-electron chi connectivity index (χ2n) is 5.71. The summed E-state index contributed by atoms with van der Waals surface area (Å²) in [5.74, 6) is 1.64. The van der Waals surface area contributed by atoms with Crippen molar-refractivity contribution in [2.75, 3.05) is 24.3 Å². The first-order valence-electron chi connectivity index (χ1n) is 7.97. The highest BCUT2D eigenvalue weighted by Crippen LogP contribution is 2.13. The van der Waals surface area contributed by atoms with Crippen molar-refractivity contribution < 1.29 is 9.53 Å². The van der Waals surface area contributed by atoms with Gasteiger partial charge in [-0.2, -0.15) is 0 Å². The molecule has 0 aliphatic carbocycles. The molecule has 0 radical (unpaired) electrons. The van der Waals surface area contributed by atoms with Gasteiger partial charge in [0.15, 0.2) is 0 Å². The number of carbonyl (C=O) groups excluding carboxylic acids is 1. The Morgan fingerprint density at radius 2 is 1.92 bits per heavy atom. The molecule has 0 spiro atoms. The summed E-state index contributed by atoms with van der Waals surface area (Å²) in [5.41, 5.74) is 1.89. The number of methoxy groups -OCH3 is 1. The zero-order chi connectivity index (χ0) is 17.4. The van der Waals surface area contributed by atoms with Crippen molar-refractivity contribution in [2.45, 2.75) is 26.3 Å². The minimum absolute atomic E-state index is 0.0943. The van der Waals surface area contributed by atoms with E-state index in [9.17, 15) is 4.79 Å². The maximum Gasteiger partial charge on any atom is 0.319 e. The lowest BCUT2D eigenvalue weighted by molar-refractivity contribution is 0.250. The average molecular weight is 328 g/mol. The Labute approximate surface area is 142 Å². The summed E-state index contributed by atoms with van der Waals surface area (Å²) in [6, 6.07) is 11.5. The first-order valence-corrected chi connectivity index (χ1v) is 7.97. The highest BCUT2D eigenvalue weighted by atomic mass is 16.5. The number of hydrogen-bond acceptors (Lipinski definition) is 4. The standard InChI is InChI=1S/C18H24N4O2/c1-13(2)21-18(23)22-15-6-9-17(20-12-15)19-11-10-14-4-7-16(24-3)8-5-14/h4-9,12-13H,10-11H2,1-3H3,(H,19,20)(H2,21,22,23). The van der Waals surface area contributed by atoms with Gasteiger partial charge in [-0.05, 0) is 50.1 Å². The predicted molar refractivity (Wildman–Crippen MR) is 96.7 cm³/mol. The molecule has 0 saturated heterocycles. The number of nitrogens with one attached hydrogen (secondary N) is 3. The number of rotatable bonds is 7. The van der Waals surface area contributed by atoms with Crippen LogP contribution in [0.1, 0.15) is 19.4 Å². The van der Waals surface area contributed by atoms with Gasteiger partial charge in [0, 0.05) is 12.6 Å². The first kappa shape index (κ1) is 17.6. The Hall–Kier alpha value is -2.76. The summed E-state index contributed by atoms with van der Waals surface area (Å²) in [7, 11) is 1.66. The lowest BCUT2D eigenvalue weighted by Crippen LogP contribution is -2.34. The fraction of sp³-hybridized carbons (Fsp3) is 0.333. The molecule has 2 rings (SSSR count). The van der Waals surface area contributed by atoms with E-state index in [-0.39, 0.29) is 12.1 Å². The van der Waals surface area contributed by atoms with Crippen LogP contribution in [0.3, 0.4) is 0 Å². The van der Waals surface area contributed by atoms with E-state index < -0.39 is 0 Å². The van der Waals surface area contributed by atoms with Crippen molar-refractivity contribution in [3.8, 4) is 5.75 Å². The molecule has 3 N–H and O–H groups in total. The van der Waals surface area contributed by atoms with Crippen molar-refractivity contribution in [1.82, 2.24) is 10.3 Å². The van der Waals surface area contributed by atoms with Crippen molar-refractivity contribution in [2.24, 2.45) is 0 Å².